The first kappa shape index (κ1) is 22.3. The maximum atomic E-state index is 14.4. The van der Waals surface area contributed by atoms with Crippen LogP contribution in [0.3, 0.4) is 0 Å². The number of aryl methyl sites for hydroxylation is 3. The lowest BCUT2D eigenvalue weighted by Gasteiger charge is -2.05. The molecule has 2 amide bonds. The molecule has 11 heteroatoms. The molecule has 170 valence electrons. The monoisotopic (exact) mass is 468 g/mol. The van der Waals surface area contributed by atoms with E-state index in [9.17, 15) is 14.0 Å². The van der Waals surface area contributed by atoms with Gasteiger partial charge in [0.05, 0.1) is 11.1 Å². The fourth-order valence-corrected chi connectivity index (χ4v) is 4.12. The van der Waals surface area contributed by atoms with E-state index < -0.39 is 11.7 Å². The van der Waals surface area contributed by atoms with Gasteiger partial charge in [-0.3, -0.25) is 14.9 Å². The third kappa shape index (κ3) is 4.82. The van der Waals surface area contributed by atoms with Gasteiger partial charge in [-0.05, 0) is 43.7 Å². The smallest absolute Gasteiger partial charge is 0.264 e. The van der Waals surface area contributed by atoms with E-state index in [0.29, 0.717) is 28.0 Å². The molecule has 4 aromatic rings. The zero-order chi connectivity index (χ0) is 23.7. The number of amides is 2. The molecule has 0 aliphatic heterocycles. The topological polar surface area (TPSA) is 111 Å². The second-order valence-electron chi connectivity index (χ2n) is 7.46. The lowest BCUT2D eigenvalue weighted by atomic mass is 10.1. The number of nitrogens with one attached hydrogen (secondary N) is 2. The molecule has 0 saturated heterocycles. The summed E-state index contributed by atoms with van der Waals surface area (Å²) in [5.74, 6) is -0.917. The number of hydrogen-bond acceptors (Lipinski definition) is 7. The van der Waals surface area contributed by atoms with Crippen LogP contribution < -0.4 is 15.4 Å². The first-order chi connectivity index (χ1) is 15.7. The minimum atomic E-state index is -0.533. The molecule has 0 aliphatic carbocycles. The highest BCUT2D eigenvalue weighted by atomic mass is 32.1. The van der Waals surface area contributed by atoms with Crippen molar-refractivity contribution in [2.75, 3.05) is 17.2 Å². The molecule has 2 N–H and O–H groups in total. The molecule has 0 radical (unpaired) electrons. The van der Waals surface area contributed by atoms with E-state index in [1.54, 1.807) is 23.2 Å². The molecule has 3 aromatic heterocycles. The van der Waals surface area contributed by atoms with Gasteiger partial charge in [-0.15, -0.1) is 16.4 Å². The van der Waals surface area contributed by atoms with Crippen LogP contribution in [0.2, 0.25) is 0 Å². The van der Waals surface area contributed by atoms with Crippen molar-refractivity contribution >= 4 is 45.0 Å². The number of ether oxygens (including phenoxy) is 1. The number of pyridine rings is 1. The summed E-state index contributed by atoms with van der Waals surface area (Å²) in [6.45, 7) is 4.91. The van der Waals surface area contributed by atoms with E-state index in [4.69, 9.17) is 4.74 Å². The van der Waals surface area contributed by atoms with Gasteiger partial charge in [0.25, 0.3) is 5.91 Å². The fourth-order valence-electron chi connectivity index (χ4n) is 3.40. The predicted molar refractivity (Wildman–Crippen MR) is 124 cm³/mol. The third-order valence-electron chi connectivity index (χ3n) is 4.74. The summed E-state index contributed by atoms with van der Waals surface area (Å²) in [6.07, 6.45) is 0. The molecule has 4 rings (SSSR count). The number of rotatable bonds is 6. The van der Waals surface area contributed by atoms with Crippen molar-refractivity contribution in [3.8, 4) is 17.1 Å². The molecule has 0 aliphatic rings. The van der Waals surface area contributed by atoms with Crippen molar-refractivity contribution in [2.24, 2.45) is 7.05 Å². The summed E-state index contributed by atoms with van der Waals surface area (Å²) in [6, 6.07) is 6.25. The van der Waals surface area contributed by atoms with E-state index in [2.05, 4.69) is 25.7 Å². The van der Waals surface area contributed by atoms with Crippen molar-refractivity contribution in [3.05, 3.63) is 46.7 Å². The zero-order valence-electron chi connectivity index (χ0n) is 18.4. The van der Waals surface area contributed by atoms with Crippen molar-refractivity contribution in [1.82, 2.24) is 19.7 Å². The van der Waals surface area contributed by atoms with Gasteiger partial charge in [0.15, 0.2) is 17.4 Å². The highest BCUT2D eigenvalue weighted by Crippen LogP contribution is 2.29. The Hall–Kier alpha value is -3.86. The number of carbonyl (C=O) groups is 2. The molecule has 1 aromatic carbocycles. The third-order valence-corrected chi connectivity index (χ3v) is 5.50. The van der Waals surface area contributed by atoms with Crippen LogP contribution in [0, 0.1) is 19.7 Å². The van der Waals surface area contributed by atoms with E-state index in [1.165, 1.54) is 19.1 Å². The Labute approximate surface area is 192 Å². The van der Waals surface area contributed by atoms with Gasteiger partial charge in [-0.2, -0.15) is 0 Å². The SMILES string of the molecule is CC(=O)Nc1ccc(-c2csc(NC(=O)COc3nn(C)c4nc(C)cc(C)c34)n2)c(F)c1. The Morgan fingerprint density at radius 3 is 2.70 bits per heavy atom. The fraction of sp³-hybridized carbons (Fsp3) is 0.227. The van der Waals surface area contributed by atoms with Crippen LogP contribution in [-0.2, 0) is 16.6 Å². The number of hydrogen-bond donors (Lipinski definition) is 2. The second-order valence-corrected chi connectivity index (χ2v) is 8.32. The average molecular weight is 469 g/mol. The minimum Gasteiger partial charge on any atom is -0.466 e. The van der Waals surface area contributed by atoms with E-state index in [1.807, 2.05) is 19.9 Å². The predicted octanol–water partition coefficient (Wildman–Crippen LogP) is 3.82. The second kappa shape index (κ2) is 8.94. The van der Waals surface area contributed by atoms with Crippen LogP contribution >= 0.6 is 11.3 Å². The molecule has 33 heavy (non-hydrogen) atoms. The molecule has 0 spiro atoms. The minimum absolute atomic E-state index is 0.260. The number of aromatic nitrogens is 4. The van der Waals surface area contributed by atoms with E-state index in [0.717, 1.165) is 28.0 Å². The Balaban J connectivity index is 1.43. The van der Waals surface area contributed by atoms with E-state index in [-0.39, 0.29) is 18.1 Å². The van der Waals surface area contributed by atoms with Crippen molar-refractivity contribution in [3.63, 3.8) is 0 Å². The van der Waals surface area contributed by atoms with Crippen LogP contribution in [0.1, 0.15) is 18.2 Å². The first-order valence-corrected chi connectivity index (χ1v) is 10.9. The van der Waals surface area contributed by atoms with Crippen molar-refractivity contribution in [2.45, 2.75) is 20.8 Å². The molecule has 9 nitrogen and oxygen atoms in total. The summed E-state index contributed by atoms with van der Waals surface area (Å²) in [5.41, 5.74) is 3.49. The zero-order valence-corrected chi connectivity index (χ0v) is 19.2. The molecule has 0 saturated carbocycles. The summed E-state index contributed by atoms with van der Waals surface area (Å²) in [4.78, 5) is 32.3. The number of nitrogens with zero attached hydrogens (tertiary/aromatic N) is 4. The molecule has 0 bridgehead atoms. The highest BCUT2D eigenvalue weighted by molar-refractivity contribution is 7.14. The van der Waals surface area contributed by atoms with Crippen LogP contribution in [0.5, 0.6) is 5.88 Å². The quantitative estimate of drug-likeness (QED) is 0.445. The number of halogens is 1. The summed E-state index contributed by atoms with van der Waals surface area (Å²) in [7, 11) is 1.76. The highest BCUT2D eigenvalue weighted by Gasteiger charge is 2.17. The number of thiazole rings is 1. The summed E-state index contributed by atoms with van der Waals surface area (Å²) in [5, 5.41) is 12.2. The lowest BCUT2D eigenvalue weighted by Crippen LogP contribution is -2.20. The maximum Gasteiger partial charge on any atom is 0.264 e. The van der Waals surface area contributed by atoms with Crippen LogP contribution in [0.15, 0.2) is 29.6 Å². The van der Waals surface area contributed by atoms with Gasteiger partial charge in [-0.1, -0.05) is 0 Å². The largest absolute Gasteiger partial charge is 0.466 e. The van der Waals surface area contributed by atoms with Crippen molar-refractivity contribution < 1.29 is 18.7 Å². The normalized spacial score (nSPS) is 10.9. The van der Waals surface area contributed by atoms with Gasteiger partial charge in [0.1, 0.15) is 5.82 Å². The molecule has 3 heterocycles. The van der Waals surface area contributed by atoms with Gasteiger partial charge >= 0.3 is 0 Å². The molecular formula is C22H21FN6O3S. The molecular weight excluding hydrogens is 447 g/mol. The van der Waals surface area contributed by atoms with Crippen LogP contribution in [0.25, 0.3) is 22.3 Å². The Morgan fingerprint density at radius 2 is 1.97 bits per heavy atom. The number of anilines is 2. The number of carbonyl (C=O) groups excluding carboxylic acids is 2. The van der Waals surface area contributed by atoms with Crippen molar-refractivity contribution in [1.29, 1.82) is 0 Å². The van der Waals surface area contributed by atoms with Gasteiger partial charge in [0, 0.05) is 36.3 Å². The maximum absolute atomic E-state index is 14.4. The Kier molecular flexibility index (Phi) is 6.05. The first-order valence-electron chi connectivity index (χ1n) is 9.98. The molecule has 0 atom stereocenters. The lowest BCUT2D eigenvalue weighted by molar-refractivity contribution is -0.118. The Bertz CT molecular complexity index is 1380. The standard InChI is InChI=1S/C22H21FN6O3S/c1-11-7-12(2)24-20-19(11)21(28-29(20)4)32-9-18(31)27-22-26-17(10-33-22)15-6-5-14(8-16(15)23)25-13(3)30/h5-8,10H,9H2,1-4H3,(H,25,30)(H,26,27,31). The number of fused-ring (bicyclic) bond motifs is 1. The van der Waals surface area contributed by atoms with Crippen LogP contribution in [-0.4, -0.2) is 38.2 Å². The molecule has 0 unspecified atom stereocenters. The number of benzene rings is 1. The van der Waals surface area contributed by atoms with Gasteiger partial charge in [-0.25, -0.2) is 19.0 Å². The van der Waals surface area contributed by atoms with Crippen LogP contribution in [0.4, 0.5) is 15.2 Å². The van der Waals surface area contributed by atoms with E-state index >= 15 is 0 Å². The average Bonchev–Trinajstić information content (AvgIpc) is 3.30. The summed E-state index contributed by atoms with van der Waals surface area (Å²) < 4.78 is 21.7. The van der Waals surface area contributed by atoms with Gasteiger partial charge < -0.3 is 10.1 Å². The Morgan fingerprint density at radius 1 is 1.18 bits per heavy atom. The van der Waals surface area contributed by atoms with Gasteiger partial charge in [0.2, 0.25) is 11.8 Å². The summed E-state index contributed by atoms with van der Waals surface area (Å²) >= 11 is 1.16. The molecule has 0 fully saturated rings.